The lowest BCUT2D eigenvalue weighted by atomic mass is 9.94. The Morgan fingerprint density at radius 1 is 0.423 bits per heavy atom. The van der Waals surface area contributed by atoms with Gasteiger partial charge in [-0.3, -0.25) is 0 Å². The number of benzene rings is 4. The molecule has 4 rings (SSSR count). The van der Waals surface area contributed by atoms with Gasteiger partial charge in [-0.15, -0.1) is 0 Å². The molecule has 2 nitrogen and oxygen atoms in total. The topological polar surface area (TPSA) is 40.5 Å². The van der Waals surface area contributed by atoms with E-state index in [1.54, 1.807) is 6.07 Å². The largest absolute Gasteiger partial charge is 0.507 e. The van der Waals surface area contributed by atoms with Crippen molar-refractivity contribution in [2.75, 3.05) is 0 Å². The third-order valence-electron chi connectivity index (χ3n) is 4.51. The van der Waals surface area contributed by atoms with Crippen molar-refractivity contribution in [3.8, 4) is 44.9 Å². The highest BCUT2D eigenvalue weighted by molar-refractivity contribution is 5.85. The minimum atomic E-state index is 0.221. The molecule has 0 amide bonds. The number of hydrogen-bond acceptors (Lipinski definition) is 2. The van der Waals surface area contributed by atoms with E-state index in [0.717, 1.165) is 33.4 Å². The molecule has 0 atom stereocenters. The molecule has 0 aromatic heterocycles. The number of para-hydroxylation sites is 1. The maximum absolute atomic E-state index is 10.9. The molecule has 0 aliphatic carbocycles. The van der Waals surface area contributed by atoms with Crippen LogP contribution >= 0.6 is 0 Å². The molecule has 0 saturated heterocycles. The van der Waals surface area contributed by atoms with E-state index >= 15 is 0 Å². The normalized spacial score (nSPS) is 10.6. The zero-order valence-corrected chi connectivity index (χ0v) is 14.1. The van der Waals surface area contributed by atoms with Gasteiger partial charge in [-0.1, -0.05) is 84.9 Å². The Morgan fingerprint density at radius 2 is 0.962 bits per heavy atom. The van der Waals surface area contributed by atoms with Gasteiger partial charge in [0.2, 0.25) is 0 Å². The van der Waals surface area contributed by atoms with Gasteiger partial charge in [0.15, 0.2) is 0 Å². The lowest BCUT2D eigenvalue weighted by Gasteiger charge is -2.12. The standard InChI is InChI=1S/C24H18O2/c25-23-15-14-19(16-22(23)18-10-5-2-6-11-18)21-13-7-12-20(24(21)26)17-8-3-1-4-9-17/h1-16,25-26H. The second-order valence-electron chi connectivity index (χ2n) is 6.17. The molecule has 0 spiro atoms. The predicted octanol–water partition coefficient (Wildman–Crippen LogP) is 6.10. The average Bonchev–Trinajstić information content (AvgIpc) is 2.70. The summed E-state index contributed by atoms with van der Waals surface area (Å²) >= 11 is 0. The van der Waals surface area contributed by atoms with E-state index in [2.05, 4.69) is 0 Å². The molecule has 126 valence electrons. The van der Waals surface area contributed by atoms with E-state index in [1.807, 2.05) is 91.0 Å². The van der Waals surface area contributed by atoms with Crippen LogP contribution in [0.5, 0.6) is 11.5 Å². The summed E-state index contributed by atoms with van der Waals surface area (Å²) in [5.74, 6) is 0.460. The van der Waals surface area contributed by atoms with Crippen LogP contribution in [0.1, 0.15) is 0 Å². The number of rotatable bonds is 3. The first kappa shape index (κ1) is 16.0. The van der Waals surface area contributed by atoms with Crippen LogP contribution < -0.4 is 0 Å². The molecule has 0 aliphatic heterocycles. The van der Waals surface area contributed by atoms with Crippen molar-refractivity contribution < 1.29 is 10.2 Å². The average molecular weight is 338 g/mol. The van der Waals surface area contributed by atoms with E-state index in [-0.39, 0.29) is 11.5 Å². The van der Waals surface area contributed by atoms with Gasteiger partial charge in [0.05, 0.1) is 0 Å². The quantitative estimate of drug-likeness (QED) is 0.474. The van der Waals surface area contributed by atoms with Gasteiger partial charge in [-0.2, -0.15) is 0 Å². The fourth-order valence-corrected chi connectivity index (χ4v) is 3.18. The Balaban J connectivity index is 1.84. The van der Waals surface area contributed by atoms with Crippen LogP contribution in [0.4, 0.5) is 0 Å². The third kappa shape index (κ3) is 2.93. The molecule has 0 unspecified atom stereocenters. The van der Waals surface area contributed by atoms with Gasteiger partial charge in [0.25, 0.3) is 0 Å². The minimum absolute atomic E-state index is 0.221. The van der Waals surface area contributed by atoms with Crippen molar-refractivity contribution in [3.63, 3.8) is 0 Å². The van der Waals surface area contributed by atoms with Crippen LogP contribution in [0.25, 0.3) is 33.4 Å². The van der Waals surface area contributed by atoms with Crippen molar-refractivity contribution >= 4 is 0 Å². The summed E-state index contributed by atoms with van der Waals surface area (Å²) in [5.41, 5.74) is 5.03. The predicted molar refractivity (Wildman–Crippen MR) is 106 cm³/mol. The molecular formula is C24H18O2. The van der Waals surface area contributed by atoms with Crippen LogP contribution in [-0.4, -0.2) is 10.2 Å². The van der Waals surface area contributed by atoms with Crippen molar-refractivity contribution in [2.45, 2.75) is 0 Å². The van der Waals surface area contributed by atoms with E-state index in [0.29, 0.717) is 0 Å². The molecule has 0 saturated carbocycles. The zero-order chi connectivity index (χ0) is 17.9. The molecule has 4 aromatic rings. The van der Waals surface area contributed by atoms with Gasteiger partial charge in [-0.25, -0.2) is 0 Å². The van der Waals surface area contributed by atoms with Crippen LogP contribution in [-0.2, 0) is 0 Å². The summed E-state index contributed by atoms with van der Waals surface area (Å²) in [7, 11) is 0. The summed E-state index contributed by atoms with van der Waals surface area (Å²) in [6.45, 7) is 0. The Morgan fingerprint density at radius 3 is 1.58 bits per heavy atom. The monoisotopic (exact) mass is 338 g/mol. The summed E-state index contributed by atoms with van der Waals surface area (Å²) < 4.78 is 0. The molecule has 4 aromatic carbocycles. The maximum Gasteiger partial charge on any atom is 0.131 e. The second kappa shape index (κ2) is 6.77. The maximum atomic E-state index is 10.9. The number of hydrogen-bond donors (Lipinski definition) is 2. The molecule has 26 heavy (non-hydrogen) atoms. The van der Waals surface area contributed by atoms with E-state index in [4.69, 9.17) is 0 Å². The van der Waals surface area contributed by atoms with Gasteiger partial charge >= 0.3 is 0 Å². The van der Waals surface area contributed by atoms with Gasteiger partial charge in [0.1, 0.15) is 11.5 Å². The minimum Gasteiger partial charge on any atom is -0.507 e. The van der Waals surface area contributed by atoms with E-state index in [9.17, 15) is 10.2 Å². The summed E-state index contributed by atoms with van der Waals surface area (Å²) in [6, 6.07) is 30.7. The van der Waals surface area contributed by atoms with Gasteiger partial charge < -0.3 is 10.2 Å². The third-order valence-corrected chi connectivity index (χ3v) is 4.51. The Kier molecular flexibility index (Phi) is 4.16. The highest BCUT2D eigenvalue weighted by Gasteiger charge is 2.13. The second-order valence-corrected chi connectivity index (χ2v) is 6.17. The first-order valence-electron chi connectivity index (χ1n) is 8.50. The first-order chi connectivity index (χ1) is 12.7. The highest BCUT2D eigenvalue weighted by atomic mass is 16.3. The van der Waals surface area contributed by atoms with Crippen LogP contribution in [0.2, 0.25) is 0 Å². The Hall–Kier alpha value is -3.52. The van der Waals surface area contributed by atoms with Crippen molar-refractivity contribution in [2.24, 2.45) is 0 Å². The molecule has 0 aliphatic rings. The van der Waals surface area contributed by atoms with Crippen molar-refractivity contribution in [3.05, 3.63) is 97.1 Å². The Labute approximate surface area is 152 Å². The summed E-state index contributed by atoms with van der Waals surface area (Å²) in [5, 5.41) is 21.1. The molecular weight excluding hydrogens is 320 g/mol. The fourth-order valence-electron chi connectivity index (χ4n) is 3.18. The molecule has 0 radical (unpaired) electrons. The molecule has 0 bridgehead atoms. The molecule has 0 fully saturated rings. The van der Waals surface area contributed by atoms with Crippen molar-refractivity contribution in [1.82, 2.24) is 0 Å². The number of aromatic hydroxyl groups is 2. The van der Waals surface area contributed by atoms with E-state index in [1.165, 1.54) is 0 Å². The lowest BCUT2D eigenvalue weighted by Crippen LogP contribution is -1.86. The van der Waals surface area contributed by atoms with Crippen LogP contribution in [0.3, 0.4) is 0 Å². The molecule has 0 heterocycles. The van der Waals surface area contributed by atoms with Gasteiger partial charge in [-0.05, 0) is 28.8 Å². The molecule has 2 heteroatoms. The lowest BCUT2D eigenvalue weighted by molar-refractivity contribution is 0.476. The summed E-state index contributed by atoms with van der Waals surface area (Å²) in [4.78, 5) is 0. The number of phenols is 2. The first-order valence-corrected chi connectivity index (χ1v) is 8.50. The SMILES string of the molecule is Oc1ccc(-c2cccc(-c3ccccc3)c2O)cc1-c1ccccc1. The van der Waals surface area contributed by atoms with Crippen LogP contribution in [0, 0.1) is 0 Å². The summed E-state index contributed by atoms with van der Waals surface area (Å²) in [6.07, 6.45) is 0. The smallest absolute Gasteiger partial charge is 0.131 e. The highest BCUT2D eigenvalue weighted by Crippen LogP contribution is 2.40. The van der Waals surface area contributed by atoms with Gasteiger partial charge in [0, 0.05) is 16.7 Å². The Bertz CT molecular complexity index is 1040. The van der Waals surface area contributed by atoms with E-state index < -0.39 is 0 Å². The van der Waals surface area contributed by atoms with Crippen LogP contribution in [0.15, 0.2) is 97.1 Å². The molecule has 2 N–H and O–H groups in total. The van der Waals surface area contributed by atoms with Crippen molar-refractivity contribution in [1.29, 1.82) is 0 Å². The fraction of sp³-hybridized carbons (Fsp3) is 0. The number of phenolic OH excluding ortho intramolecular Hbond substituents is 2. The zero-order valence-electron chi connectivity index (χ0n) is 14.1.